The van der Waals surface area contributed by atoms with Crippen molar-refractivity contribution in [2.45, 2.75) is 26.3 Å². The highest BCUT2D eigenvalue weighted by Gasteiger charge is 2.29. The van der Waals surface area contributed by atoms with Crippen LogP contribution in [0, 0.1) is 5.92 Å². The molecule has 0 amide bonds. The third-order valence-electron chi connectivity index (χ3n) is 3.32. The molecule has 2 aromatic heterocycles. The fourth-order valence-electron chi connectivity index (χ4n) is 2.61. The lowest BCUT2D eigenvalue weighted by Crippen LogP contribution is -2.27. The highest BCUT2D eigenvalue weighted by atomic mass is 35.5. The van der Waals surface area contributed by atoms with E-state index < -0.39 is 0 Å². The average Bonchev–Trinajstić information content (AvgIpc) is 2.83. The largest absolute Gasteiger partial charge is 0.353 e. The van der Waals surface area contributed by atoms with Crippen molar-refractivity contribution in [2.24, 2.45) is 5.92 Å². The maximum absolute atomic E-state index is 5.95. The molecule has 1 aliphatic rings. The van der Waals surface area contributed by atoms with Crippen LogP contribution in [0.15, 0.2) is 6.20 Å². The van der Waals surface area contributed by atoms with Gasteiger partial charge in [-0.2, -0.15) is 15.1 Å². The second-order valence-corrected chi connectivity index (χ2v) is 5.13. The van der Waals surface area contributed by atoms with E-state index in [1.807, 2.05) is 0 Å². The Balaban J connectivity index is 2.13. The van der Waals surface area contributed by atoms with E-state index in [9.17, 15) is 0 Å². The lowest BCUT2D eigenvalue weighted by Gasteiger charge is -2.23. The first-order chi connectivity index (χ1) is 8.15. The third-order valence-corrected chi connectivity index (χ3v) is 3.49. The van der Waals surface area contributed by atoms with E-state index in [1.165, 1.54) is 6.42 Å². The smallest absolute Gasteiger partial charge is 0.226 e. The molecule has 1 N–H and O–H groups in total. The van der Waals surface area contributed by atoms with E-state index in [4.69, 9.17) is 11.6 Å². The zero-order valence-corrected chi connectivity index (χ0v) is 10.6. The Bertz CT molecular complexity index is 552. The third kappa shape index (κ3) is 1.74. The number of nitrogens with one attached hydrogen (secondary N) is 1. The molecular weight excluding hydrogens is 238 g/mol. The molecule has 0 bridgehead atoms. The molecule has 0 radical (unpaired) electrons. The number of fused-ring (bicyclic) bond motifs is 1. The predicted octanol–water partition coefficient (Wildman–Crippen LogP) is 2.24. The Hall–Kier alpha value is -1.36. The molecule has 2 unspecified atom stereocenters. The van der Waals surface area contributed by atoms with Gasteiger partial charge in [-0.1, -0.05) is 6.92 Å². The van der Waals surface area contributed by atoms with Crippen LogP contribution in [0.1, 0.15) is 20.3 Å². The number of hydrogen-bond acceptors (Lipinski definition) is 4. The van der Waals surface area contributed by atoms with Crippen LogP contribution in [0.4, 0.5) is 5.82 Å². The van der Waals surface area contributed by atoms with Crippen LogP contribution in [0.5, 0.6) is 0 Å². The van der Waals surface area contributed by atoms with Crippen molar-refractivity contribution in [3.05, 3.63) is 11.5 Å². The number of hydrogen-bond donors (Lipinski definition) is 1. The van der Waals surface area contributed by atoms with Gasteiger partial charge in [0, 0.05) is 12.6 Å². The highest BCUT2D eigenvalue weighted by Crippen LogP contribution is 2.32. The summed E-state index contributed by atoms with van der Waals surface area (Å²) in [5, 5.41) is 8.05. The Morgan fingerprint density at radius 1 is 1.41 bits per heavy atom. The molecule has 3 rings (SSSR count). The van der Waals surface area contributed by atoms with E-state index in [2.05, 4.69) is 38.9 Å². The van der Waals surface area contributed by atoms with Crippen molar-refractivity contribution in [3.8, 4) is 0 Å². The summed E-state index contributed by atoms with van der Waals surface area (Å²) in [5.41, 5.74) is 0.701. The van der Waals surface area contributed by atoms with E-state index in [1.54, 1.807) is 6.20 Å². The second-order valence-electron chi connectivity index (χ2n) is 4.79. The summed E-state index contributed by atoms with van der Waals surface area (Å²) in [5.74, 6) is 1.58. The van der Waals surface area contributed by atoms with E-state index in [-0.39, 0.29) is 5.28 Å². The molecule has 1 aliphatic heterocycles. The minimum Gasteiger partial charge on any atom is -0.353 e. The molecule has 17 heavy (non-hydrogen) atoms. The van der Waals surface area contributed by atoms with Crippen molar-refractivity contribution in [2.75, 3.05) is 11.4 Å². The van der Waals surface area contributed by atoms with Gasteiger partial charge >= 0.3 is 0 Å². The van der Waals surface area contributed by atoms with Gasteiger partial charge in [-0.15, -0.1) is 0 Å². The summed E-state index contributed by atoms with van der Waals surface area (Å²) in [6, 6.07) is 0.481. The topological polar surface area (TPSA) is 57.7 Å². The molecule has 2 aromatic rings. The quantitative estimate of drug-likeness (QED) is 0.790. The maximum Gasteiger partial charge on any atom is 0.226 e. The summed E-state index contributed by atoms with van der Waals surface area (Å²) in [4.78, 5) is 10.8. The normalized spacial score (nSPS) is 24.8. The van der Waals surface area contributed by atoms with E-state index in [0.29, 0.717) is 17.6 Å². The fourth-order valence-corrected chi connectivity index (χ4v) is 2.77. The fraction of sp³-hybridized carbons (Fsp3) is 0.545. The molecule has 90 valence electrons. The Kier molecular flexibility index (Phi) is 2.43. The molecular formula is C11H14ClN5. The molecule has 2 atom stereocenters. The molecule has 5 nitrogen and oxygen atoms in total. The van der Waals surface area contributed by atoms with Crippen LogP contribution < -0.4 is 4.90 Å². The lowest BCUT2D eigenvalue weighted by atomic mass is 10.1. The predicted molar refractivity (Wildman–Crippen MR) is 67.3 cm³/mol. The van der Waals surface area contributed by atoms with Crippen molar-refractivity contribution in [1.29, 1.82) is 0 Å². The molecule has 1 saturated heterocycles. The highest BCUT2D eigenvalue weighted by molar-refractivity contribution is 6.28. The van der Waals surface area contributed by atoms with Crippen molar-refractivity contribution >= 4 is 28.5 Å². The molecule has 0 saturated carbocycles. The molecule has 3 heterocycles. The second kappa shape index (κ2) is 3.84. The van der Waals surface area contributed by atoms with Crippen molar-refractivity contribution < 1.29 is 0 Å². The van der Waals surface area contributed by atoms with Gasteiger partial charge in [-0.3, -0.25) is 5.10 Å². The van der Waals surface area contributed by atoms with Crippen LogP contribution in [-0.2, 0) is 0 Å². The molecule has 1 fully saturated rings. The van der Waals surface area contributed by atoms with Crippen molar-refractivity contribution in [1.82, 2.24) is 20.2 Å². The number of aromatic nitrogens is 4. The number of anilines is 1. The summed E-state index contributed by atoms with van der Waals surface area (Å²) < 4.78 is 0. The van der Waals surface area contributed by atoms with Crippen LogP contribution in [0.3, 0.4) is 0 Å². The van der Waals surface area contributed by atoms with Crippen LogP contribution in [0.25, 0.3) is 11.0 Å². The SMILES string of the molecule is CC1CC(C)N(c2nc(Cl)nc3[nH]ncc23)C1. The zero-order valence-electron chi connectivity index (χ0n) is 9.81. The first-order valence-corrected chi connectivity index (χ1v) is 6.16. The number of rotatable bonds is 1. The summed E-state index contributed by atoms with van der Waals surface area (Å²) in [6.07, 6.45) is 2.94. The minimum atomic E-state index is 0.267. The summed E-state index contributed by atoms with van der Waals surface area (Å²) in [7, 11) is 0. The number of halogens is 1. The molecule has 0 aliphatic carbocycles. The van der Waals surface area contributed by atoms with Gasteiger partial charge in [0.05, 0.1) is 11.6 Å². The van der Waals surface area contributed by atoms with E-state index >= 15 is 0 Å². The molecule has 0 spiro atoms. The number of nitrogens with zero attached hydrogens (tertiary/aromatic N) is 4. The summed E-state index contributed by atoms with van der Waals surface area (Å²) >= 11 is 5.95. The first kappa shape index (κ1) is 10.8. The van der Waals surface area contributed by atoms with Gasteiger partial charge in [0.1, 0.15) is 5.82 Å². The Morgan fingerprint density at radius 2 is 2.24 bits per heavy atom. The van der Waals surface area contributed by atoms with Gasteiger partial charge in [-0.05, 0) is 30.9 Å². The van der Waals surface area contributed by atoms with Gasteiger partial charge < -0.3 is 4.90 Å². The van der Waals surface area contributed by atoms with Gasteiger partial charge in [0.25, 0.3) is 0 Å². The van der Waals surface area contributed by atoms with Gasteiger partial charge in [-0.25, -0.2) is 0 Å². The maximum atomic E-state index is 5.95. The summed E-state index contributed by atoms with van der Waals surface area (Å²) in [6.45, 7) is 5.48. The first-order valence-electron chi connectivity index (χ1n) is 5.78. The van der Waals surface area contributed by atoms with Crippen LogP contribution in [0.2, 0.25) is 5.28 Å². The Labute approximate surface area is 104 Å². The lowest BCUT2D eigenvalue weighted by molar-refractivity contribution is 0.625. The Morgan fingerprint density at radius 3 is 2.94 bits per heavy atom. The van der Waals surface area contributed by atoms with Gasteiger partial charge in [0.2, 0.25) is 5.28 Å². The monoisotopic (exact) mass is 251 g/mol. The van der Waals surface area contributed by atoms with Gasteiger partial charge in [0.15, 0.2) is 5.65 Å². The number of H-pyrrole nitrogens is 1. The van der Waals surface area contributed by atoms with E-state index in [0.717, 1.165) is 17.7 Å². The molecule has 0 aromatic carbocycles. The van der Waals surface area contributed by atoms with Crippen LogP contribution in [-0.4, -0.2) is 32.8 Å². The standard InChI is InChI=1S/C11H14ClN5/c1-6-3-7(2)17(5-6)10-8-4-13-16-9(8)14-11(12)15-10/h4,6-7H,3,5H2,1-2H3,(H,13,14,15,16). The van der Waals surface area contributed by atoms with Crippen LogP contribution >= 0.6 is 11.6 Å². The zero-order chi connectivity index (χ0) is 12.0. The average molecular weight is 252 g/mol. The number of aromatic amines is 1. The minimum absolute atomic E-state index is 0.267. The molecule has 6 heteroatoms. The van der Waals surface area contributed by atoms with Crippen molar-refractivity contribution in [3.63, 3.8) is 0 Å².